The first-order chi connectivity index (χ1) is 11.8. The van der Waals surface area contributed by atoms with Crippen molar-refractivity contribution >= 4 is 15.9 Å². The summed E-state index contributed by atoms with van der Waals surface area (Å²) in [5, 5.41) is 1.87. The Bertz CT molecular complexity index is 830. The van der Waals surface area contributed by atoms with Gasteiger partial charge in [-0.25, -0.2) is 4.39 Å². The molecule has 0 aromatic heterocycles. The quantitative estimate of drug-likeness (QED) is 0.452. The molecule has 0 amide bonds. The van der Waals surface area contributed by atoms with Crippen molar-refractivity contribution in [1.82, 2.24) is 4.90 Å². The number of benzene rings is 2. The average Bonchev–Trinajstić information content (AvgIpc) is 2.52. The molecule has 0 saturated heterocycles. The van der Waals surface area contributed by atoms with Gasteiger partial charge in [-0.3, -0.25) is 0 Å². The Morgan fingerprint density at radius 1 is 1.12 bits per heavy atom. The van der Waals surface area contributed by atoms with E-state index in [9.17, 15) is 17.6 Å². The van der Waals surface area contributed by atoms with E-state index in [4.69, 9.17) is 4.74 Å². The monoisotopic (exact) mass is 371 g/mol. The first-order valence-electron chi connectivity index (χ1n) is 7.66. The zero-order valence-electron chi connectivity index (χ0n) is 13.7. The lowest BCUT2D eigenvalue weighted by atomic mass is 10.2. The number of hydrogen-bond acceptors (Lipinski definition) is 2. The molecular formula is C18H17F4NOS. The van der Waals surface area contributed by atoms with Crippen LogP contribution in [0, 0.1) is 5.82 Å². The lowest BCUT2D eigenvalue weighted by Crippen LogP contribution is -2.14. The van der Waals surface area contributed by atoms with Crippen molar-refractivity contribution in [3.8, 4) is 11.5 Å². The number of ether oxygens (including phenoxy) is 1. The molecule has 1 unspecified atom stereocenters. The maximum absolute atomic E-state index is 13.6. The summed E-state index contributed by atoms with van der Waals surface area (Å²) in [5.41, 5.74) is -0.704. The molecule has 134 valence electrons. The topological polar surface area (TPSA) is 12.5 Å². The van der Waals surface area contributed by atoms with E-state index in [-0.39, 0.29) is 16.4 Å². The molecule has 0 N–H and O–H groups in total. The standard InChI is InChI=1S/C18H17F4NOS/c1-23(2)9-4-10-25-16-8-7-12(19)11-15(16)24-14-6-3-5-13(17(14)25)18(20,21)22/h3,5-8,10-11H,4,9H2,1-2H3. The van der Waals surface area contributed by atoms with E-state index < -0.39 is 28.0 Å². The Morgan fingerprint density at radius 2 is 1.88 bits per heavy atom. The van der Waals surface area contributed by atoms with Gasteiger partial charge in [-0.2, -0.15) is 13.2 Å². The Balaban J connectivity index is 2.19. The van der Waals surface area contributed by atoms with E-state index in [1.807, 2.05) is 24.4 Å². The minimum absolute atomic E-state index is 0.118. The predicted molar refractivity (Wildman–Crippen MR) is 91.3 cm³/mol. The summed E-state index contributed by atoms with van der Waals surface area (Å²) in [6, 6.07) is 7.86. The molecular weight excluding hydrogens is 354 g/mol. The highest BCUT2D eigenvalue weighted by atomic mass is 32.2. The van der Waals surface area contributed by atoms with Crippen LogP contribution < -0.4 is 4.74 Å². The molecule has 1 heterocycles. The Labute approximate surface area is 146 Å². The number of rotatable bonds is 3. The fourth-order valence-corrected chi connectivity index (χ4v) is 4.81. The van der Waals surface area contributed by atoms with E-state index >= 15 is 0 Å². The summed E-state index contributed by atoms with van der Waals surface area (Å²) in [6.07, 6.45) is -3.87. The van der Waals surface area contributed by atoms with Crippen LogP contribution in [0.3, 0.4) is 0 Å². The normalized spacial score (nSPS) is 16.5. The molecule has 0 saturated carbocycles. The molecule has 7 heteroatoms. The summed E-state index contributed by atoms with van der Waals surface area (Å²) in [5.74, 6) is -0.0698. The van der Waals surface area contributed by atoms with Gasteiger partial charge in [0.1, 0.15) is 17.3 Å². The molecule has 1 aliphatic rings. The predicted octanol–water partition coefficient (Wildman–Crippen LogP) is 5.39. The molecule has 0 spiro atoms. The van der Waals surface area contributed by atoms with Gasteiger partial charge in [0, 0.05) is 17.5 Å². The van der Waals surface area contributed by atoms with Crippen LogP contribution >= 0.6 is 10.5 Å². The third kappa shape index (κ3) is 3.72. The minimum Gasteiger partial charge on any atom is -0.455 e. The molecule has 0 fully saturated rings. The maximum atomic E-state index is 13.6. The molecule has 0 aliphatic carbocycles. The molecule has 2 aromatic rings. The fraction of sp³-hybridized carbons (Fsp3) is 0.278. The van der Waals surface area contributed by atoms with Gasteiger partial charge in [0.25, 0.3) is 0 Å². The molecule has 0 bridgehead atoms. The second-order valence-corrected chi connectivity index (χ2v) is 7.78. The molecule has 25 heavy (non-hydrogen) atoms. The van der Waals surface area contributed by atoms with E-state index in [0.29, 0.717) is 17.9 Å². The fourth-order valence-electron chi connectivity index (χ4n) is 2.62. The highest BCUT2D eigenvalue weighted by Crippen LogP contribution is 2.55. The van der Waals surface area contributed by atoms with Gasteiger partial charge >= 0.3 is 6.18 Å². The largest absolute Gasteiger partial charge is 0.455 e. The van der Waals surface area contributed by atoms with Gasteiger partial charge in [-0.15, -0.1) is 10.5 Å². The first-order valence-corrected chi connectivity index (χ1v) is 8.95. The van der Waals surface area contributed by atoms with Crippen molar-refractivity contribution in [2.75, 3.05) is 20.6 Å². The molecule has 0 radical (unpaired) electrons. The van der Waals surface area contributed by atoms with Crippen molar-refractivity contribution in [1.29, 1.82) is 0 Å². The Hall–Kier alpha value is -1.86. The van der Waals surface area contributed by atoms with Gasteiger partial charge in [0.05, 0.1) is 10.5 Å². The van der Waals surface area contributed by atoms with Gasteiger partial charge in [-0.1, -0.05) is 11.4 Å². The Morgan fingerprint density at radius 3 is 2.56 bits per heavy atom. The summed E-state index contributed by atoms with van der Waals surface area (Å²) >= 11 is 0. The molecule has 1 atom stereocenters. The van der Waals surface area contributed by atoms with Gasteiger partial charge in [0.2, 0.25) is 0 Å². The third-order valence-electron chi connectivity index (χ3n) is 3.73. The lowest BCUT2D eigenvalue weighted by molar-refractivity contribution is -0.139. The summed E-state index contributed by atoms with van der Waals surface area (Å²) in [7, 11) is 2.86. The summed E-state index contributed by atoms with van der Waals surface area (Å²) in [4.78, 5) is 2.65. The summed E-state index contributed by atoms with van der Waals surface area (Å²) < 4.78 is 59.7. The van der Waals surface area contributed by atoms with Crippen molar-refractivity contribution in [3.05, 3.63) is 47.8 Å². The highest BCUT2D eigenvalue weighted by molar-refractivity contribution is 8.15. The van der Waals surface area contributed by atoms with E-state index in [1.54, 1.807) is 0 Å². The zero-order chi connectivity index (χ0) is 18.2. The molecule has 2 nitrogen and oxygen atoms in total. The highest BCUT2D eigenvalue weighted by Gasteiger charge is 2.37. The number of nitrogens with zero attached hydrogens (tertiary/aromatic N) is 1. The van der Waals surface area contributed by atoms with Crippen LogP contribution in [0.2, 0.25) is 0 Å². The first kappa shape index (κ1) is 17.9. The zero-order valence-corrected chi connectivity index (χ0v) is 14.5. The van der Waals surface area contributed by atoms with Crippen molar-refractivity contribution in [2.24, 2.45) is 0 Å². The van der Waals surface area contributed by atoms with Crippen LogP contribution in [-0.2, 0) is 6.18 Å². The number of fused-ring (bicyclic) bond motifs is 2. The van der Waals surface area contributed by atoms with E-state index in [2.05, 4.69) is 0 Å². The maximum Gasteiger partial charge on any atom is 0.417 e. The van der Waals surface area contributed by atoms with Gasteiger partial charge in [-0.05, 0) is 44.8 Å². The van der Waals surface area contributed by atoms with Crippen LogP contribution in [0.25, 0.3) is 0 Å². The van der Waals surface area contributed by atoms with Crippen LogP contribution in [0.5, 0.6) is 11.5 Å². The van der Waals surface area contributed by atoms with Crippen LogP contribution in [0.1, 0.15) is 12.0 Å². The second-order valence-electron chi connectivity index (χ2n) is 5.92. The second kappa shape index (κ2) is 6.80. The molecule has 3 rings (SSSR count). The van der Waals surface area contributed by atoms with Crippen LogP contribution in [0.15, 0.2) is 46.2 Å². The molecule has 1 aliphatic heterocycles. The smallest absolute Gasteiger partial charge is 0.417 e. The Kier molecular flexibility index (Phi) is 4.88. The van der Waals surface area contributed by atoms with E-state index in [1.165, 1.54) is 30.3 Å². The minimum atomic E-state index is -4.48. The number of alkyl halides is 3. The molecule has 2 aromatic carbocycles. The van der Waals surface area contributed by atoms with Crippen molar-refractivity contribution < 1.29 is 22.3 Å². The SMILES string of the molecule is CN(C)CCC=S1c2ccc(F)cc2Oc2cccc(C(F)(F)F)c21. The summed E-state index contributed by atoms with van der Waals surface area (Å²) in [6.45, 7) is 0.713. The van der Waals surface area contributed by atoms with Crippen molar-refractivity contribution in [3.63, 3.8) is 0 Å². The van der Waals surface area contributed by atoms with Gasteiger partial charge < -0.3 is 9.64 Å². The number of hydrogen-bond donors (Lipinski definition) is 0. The van der Waals surface area contributed by atoms with Crippen molar-refractivity contribution in [2.45, 2.75) is 22.4 Å². The lowest BCUT2D eigenvalue weighted by Gasteiger charge is -2.27. The van der Waals surface area contributed by atoms with Crippen LogP contribution in [0.4, 0.5) is 17.6 Å². The number of halogens is 4. The average molecular weight is 371 g/mol. The van der Waals surface area contributed by atoms with Crippen LogP contribution in [-0.4, -0.2) is 30.9 Å². The third-order valence-corrected chi connectivity index (χ3v) is 5.97. The van der Waals surface area contributed by atoms with Gasteiger partial charge in [0.15, 0.2) is 0 Å². The van der Waals surface area contributed by atoms with E-state index in [0.717, 1.165) is 6.07 Å².